The monoisotopic (exact) mass is 844 g/mol. The number of hydrogen-bond acceptors (Lipinski definition) is 6. The summed E-state index contributed by atoms with van der Waals surface area (Å²) >= 11 is 0. The summed E-state index contributed by atoms with van der Waals surface area (Å²) in [4.78, 5) is 32.3. The van der Waals surface area contributed by atoms with Gasteiger partial charge in [0.05, 0.1) is 24.2 Å². The van der Waals surface area contributed by atoms with Gasteiger partial charge in [0.1, 0.15) is 0 Å². The first-order valence-electron chi connectivity index (χ1n) is 21.0. The number of amides is 2. The second kappa shape index (κ2) is 15.8. The number of carbonyl (C=O) groups is 2. The summed E-state index contributed by atoms with van der Waals surface area (Å²) in [5.41, 5.74) is 11.9. The zero-order valence-corrected chi connectivity index (χ0v) is 35.5. The molecule has 320 valence electrons. The normalized spacial score (nSPS) is 18.0. The molecule has 10 nitrogen and oxygen atoms in total. The highest BCUT2D eigenvalue weighted by atomic mass is 19.3. The van der Waals surface area contributed by atoms with Gasteiger partial charge in [0.15, 0.2) is 0 Å². The van der Waals surface area contributed by atoms with Crippen LogP contribution in [0.3, 0.4) is 0 Å². The standard InChI is InChI=1S/2C24H24F2N4O/c2*1-14-18-7-6-17(10-22(18)29(3)24(14)31)30-8-4-5-15-9-19(16-12-27-28(2)13-16)20(23(25)26)11-21(15)30/h2*6-7,9-14,23H,4-5,8H2,1-3H3/t2*14-/m10/s1. The molecule has 0 radical (unpaired) electrons. The summed E-state index contributed by atoms with van der Waals surface area (Å²) in [6.07, 6.45) is 5.14. The Bertz CT molecular complexity index is 2560. The first-order chi connectivity index (χ1) is 29.7. The molecule has 0 saturated heterocycles. The van der Waals surface area contributed by atoms with E-state index in [1.807, 2.05) is 62.4 Å². The molecular weight excluding hydrogens is 797 g/mol. The van der Waals surface area contributed by atoms with E-state index < -0.39 is 12.9 Å². The van der Waals surface area contributed by atoms with Crippen LogP contribution in [0.5, 0.6) is 0 Å². The molecule has 4 aromatic carbocycles. The van der Waals surface area contributed by atoms with Gasteiger partial charge in [-0.05, 0) is 121 Å². The lowest BCUT2D eigenvalue weighted by atomic mass is 9.92. The lowest BCUT2D eigenvalue weighted by Gasteiger charge is -2.33. The molecule has 0 spiro atoms. The van der Waals surface area contributed by atoms with E-state index >= 15 is 0 Å². The minimum absolute atomic E-state index is 0.0146. The summed E-state index contributed by atoms with van der Waals surface area (Å²) in [5, 5.41) is 8.30. The van der Waals surface area contributed by atoms with E-state index in [1.54, 1.807) is 84.3 Å². The van der Waals surface area contributed by atoms with Crippen LogP contribution in [0, 0.1) is 0 Å². The molecule has 10 rings (SSSR count). The van der Waals surface area contributed by atoms with Crippen LogP contribution in [0.25, 0.3) is 22.3 Å². The number of aryl methyl sites for hydroxylation is 4. The molecule has 0 fully saturated rings. The number of carbonyl (C=O) groups excluding carboxylic acids is 2. The number of likely N-dealkylation sites (N-methyl/N-ethyl adjacent to an activating group) is 2. The first-order valence-corrected chi connectivity index (χ1v) is 21.0. The maximum Gasteiger partial charge on any atom is 0.264 e. The number of benzene rings is 4. The molecule has 14 heteroatoms. The molecule has 0 saturated carbocycles. The van der Waals surface area contributed by atoms with E-state index in [9.17, 15) is 27.2 Å². The Morgan fingerprint density at radius 3 is 1.32 bits per heavy atom. The number of halogens is 4. The number of hydrogen-bond donors (Lipinski definition) is 0. The summed E-state index contributed by atoms with van der Waals surface area (Å²) in [6.45, 7) is 5.31. The number of rotatable bonds is 6. The fraction of sp³-hybridized carbons (Fsp3) is 0.333. The molecule has 0 unspecified atom stereocenters. The quantitative estimate of drug-likeness (QED) is 0.155. The molecule has 2 aromatic heterocycles. The SMILES string of the molecule is C[C@@H]1C(=O)N(C)c2cc(N3CCCc4cc(-c5cnn(C)c5)c(C(F)F)cc43)ccc21.C[C@H]1C(=O)N(C)c2cc(N3CCCc4cc(-c5cnn(C)c5)c(C(F)F)cc43)ccc21. The molecule has 4 aliphatic rings. The smallest absolute Gasteiger partial charge is 0.264 e. The average Bonchev–Trinajstić information content (AvgIpc) is 4.02. The lowest BCUT2D eigenvalue weighted by molar-refractivity contribution is -0.119. The van der Waals surface area contributed by atoms with E-state index in [0.29, 0.717) is 22.3 Å². The number of nitrogens with zero attached hydrogens (tertiary/aromatic N) is 8. The van der Waals surface area contributed by atoms with Crippen molar-refractivity contribution in [3.8, 4) is 22.3 Å². The summed E-state index contributed by atoms with van der Waals surface area (Å²) in [5.74, 6) is -0.162. The van der Waals surface area contributed by atoms with Crippen LogP contribution in [0.4, 0.5) is 51.7 Å². The Hall–Kier alpha value is -6.44. The highest BCUT2D eigenvalue weighted by Crippen LogP contribution is 2.46. The predicted molar refractivity (Wildman–Crippen MR) is 234 cm³/mol. The van der Waals surface area contributed by atoms with Crippen molar-refractivity contribution >= 4 is 45.9 Å². The highest BCUT2D eigenvalue weighted by molar-refractivity contribution is 6.05. The zero-order chi connectivity index (χ0) is 43.7. The molecule has 4 aliphatic heterocycles. The van der Waals surface area contributed by atoms with E-state index in [0.717, 1.165) is 95.2 Å². The van der Waals surface area contributed by atoms with Crippen LogP contribution in [0.1, 0.15) is 84.8 Å². The molecule has 2 amide bonds. The lowest BCUT2D eigenvalue weighted by Crippen LogP contribution is -2.25. The predicted octanol–water partition coefficient (Wildman–Crippen LogP) is 10.4. The van der Waals surface area contributed by atoms with Crippen LogP contribution in [-0.4, -0.2) is 58.6 Å². The van der Waals surface area contributed by atoms with Crippen LogP contribution >= 0.6 is 0 Å². The molecule has 0 bridgehead atoms. The Morgan fingerprint density at radius 1 is 0.565 bits per heavy atom. The van der Waals surface area contributed by atoms with Crippen molar-refractivity contribution in [1.82, 2.24) is 19.6 Å². The van der Waals surface area contributed by atoms with Crippen LogP contribution in [-0.2, 0) is 36.5 Å². The number of aromatic nitrogens is 4. The van der Waals surface area contributed by atoms with Gasteiger partial charge in [0.25, 0.3) is 12.9 Å². The van der Waals surface area contributed by atoms with E-state index in [-0.39, 0.29) is 34.8 Å². The van der Waals surface area contributed by atoms with Gasteiger partial charge in [-0.3, -0.25) is 19.0 Å². The largest absolute Gasteiger partial charge is 0.341 e. The summed E-state index contributed by atoms with van der Waals surface area (Å²) < 4.78 is 59.4. The molecular formula is C48H48F4N8O2. The van der Waals surface area contributed by atoms with Gasteiger partial charge in [-0.15, -0.1) is 0 Å². The van der Waals surface area contributed by atoms with Crippen molar-refractivity contribution in [2.24, 2.45) is 14.1 Å². The fourth-order valence-electron chi connectivity index (χ4n) is 9.61. The van der Waals surface area contributed by atoms with Gasteiger partial charge in [-0.25, -0.2) is 17.6 Å². The second-order valence-corrected chi connectivity index (χ2v) is 16.8. The van der Waals surface area contributed by atoms with Gasteiger partial charge in [-0.2, -0.15) is 10.2 Å². The van der Waals surface area contributed by atoms with Crippen molar-refractivity contribution in [3.63, 3.8) is 0 Å². The Balaban J connectivity index is 0.000000158. The number of alkyl halides is 4. The molecule has 62 heavy (non-hydrogen) atoms. The first kappa shape index (κ1) is 40.9. The van der Waals surface area contributed by atoms with E-state index in [1.165, 1.54) is 0 Å². The van der Waals surface area contributed by atoms with Gasteiger partial charge in [-0.1, -0.05) is 12.1 Å². The fourth-order valence-corrected chi connectivity index (χ4v) is 9.61. The van der Waals surface area contributed by atoms with Crippen molar-refractivity contribution < 1.29 is 27.2 Å². The molecule has 6 heterocycles. The van der Waals surface area contributed by atoms with Crippen LogP contribution < -0.4 is 19.6 Å². The van der Waals surface area contributed by atoms with Crippen molar-refractivity contribution in [1.29, 1.82) is 0 Å². The van der Waals surface area contributed by atoms with Gasteiger partial charge < -0.3 is 19.6 Å². The third-order valence-corrected chi connectivity index (χ3v) is 12.9. The second-order valence-electron chi connectivity index (χ2n) is 16.8. The Kier molecular flexibility index (Phi) is 10.4. The third-order valence-electron chi connectivity index (χ3n) is 12.9. The Labute approximate surface area is 358 Å². The van der Waals surface area contributed by atoms with Crippen molar-refractivity contribution in [3.05, 3.63) is 119 Å². The van der Waals surface area contributed by atoms with Crippen molar-refractivity contribution in [2.45, 2.75) is 64.2 Å². The minimum atomic E-state index is -2.59. The maximum atomic E-state index is 14.0. The number of fused-ring (bicyclic) bond motifs is 4. The minimum Gasteiger partial charge on any atom is -0.341 e. The molecule has 0 aliphatic carbocycles. The maximum absolute atomic E-state index is 14.0. The van der Waals surface area contributed by atoms with Crippen molar-refractivity contribution in [2.75, 3.05) is 46.8 Å². The molecule has 6 aromatic rings. The number of anilines is 6. The molecule has 2 atom stereocenters. The van der Waals surface area contributed by atoms with Gasteiger partial charge >= 0.3 is 0 Å². The van der Waals surface area contributed by atoms with E-state index in [2.05, 4.69) is 20.0 Å². The highest BCUT2D eigenvalue weighted by Gasteiger charge is 2.35. The van der Waals surface area contributed by atoms with Gasteiger partial charge in [0, 0.05) is 110 Å². The van der Waals surface area contributed by atoms with Crippen LogP contribution in [0.15, 0.2) is 85.5 Å². The summed E-state index contributed by atoms with van der Waals surface area (Å²) in [7, 11) is 7.13. The Morgan fingerprint density at radius 2 is 0.968 bits per heavy atom. The average molecular weight is 845 g/mol. The van der Waals surface area contributed by atoms with Gasteiger partial charge in [0.2, 0.25) is 11.8 Å². The molecule has 0 N–H and O–H groups in total. The summed E-state index contributed by atoms with van der Waals surface area (Å²) in [6, 6.07) is 19.0. The van der Waals surface area contributed by atoms with Crippen LogP contribution in [0.2, 0.25) is 0 Å². The van der Waals surface area contributed by atoms with E-state index in [4.69, 9.17) is 0 Å². The zero-order valence-electron chi connectivity index (χ0n) is 35.5. The topological polar surface area (TPSA) is 82.7 Å². The third kappa shape index (κ3) is 6.98.